The van der Waals surface area contributed by atoms with E-state index in [0.29, 0.717) is 18.8 Å². The second-order valence-corrected chi connectivity index (χ2v) is 5.61. The molecule has 23 heavy (non-hydrogen) atoms. The molecule has 0 aliphatic carbocycles. The lowest BCUT2D eigenvalue weighted by Gasteiger charge is -2.45. The summed E-state index contributed by atoms with van der Waals surface area (Å²) in [5, 5.41) is 0. The highest BCUT2D eigenvalue weighted by Gasteiger charge is 2.42. The van der Waals surface area contributed by atoms with Crippen molar-refractivity contribution in [3.63, 3.8) is 0 Å². The summed E-state index contributed by atoms with van der Waals surface area (Å²) in [7, 11) is 1.60. The van der Waals surface area contributed by atoms with Gasteiger partial charge in [-0.2, -0.15) is 0 Å². The molecule has 8 nitrogen and oxygen atoms in total. The number of likely N-dealkylation sites (N-methyl/N-ethyl adjacent to an activating group) is 1. The first-order valence-electron chi connectivity index (χ1n) is 7.41. The van der Waals surface area contributed by atoms with E-state index >= 15 is 0 Å². The fraction of sp³-hybridized carbons (Fsp3) is 0.467. The van der Waals surface area contributed by atoms with Crippen LogP contribution in [0.4, 0.5) is 0 Å². The van der Waals surface area contributed by atoms with Crippen LogP contribution in [0.5, 0.6) is 5.75 Å². The number of piperazine rings is 2. The van der Waals surface area contributed by atoms with Crippen molar-refractivity contribution in [3.05, 3.63) is 24.5 Å². The van der Waals surface area contributed by atoms with Crippen LogP contribution in [0.25, 0.3) is 0 Å². The van der Waals surface area contributed by atoms with Gasteiger partial charge in [0.1, 0.15) is 11.8 Å². The molecule has 2 fully saturated rings. The number of nitrogens with zero attached hydrogens (tertiary/aromatic N) is 4. The van der Waals surface area contributed by atoms with E-state index in [1.165, 1.54) is 11.1 Å². The number of pyridine rings is 1. The molecule has 3 amide bonds. The number of hydrogen-bond acceptors (Lipinski definition) is 5. The number of carbonyl (C=O) groups excluding carboxylic acids is 3. The van der Waals surface area contributed by atoms with Crippen molar-refractivity contribution in [3.8, 4) is 5.75 Å². The number of hydrogen-bond donors (Lipinski definition) is 0. The fourth-order valence-corrected chi connectivity index (χ4v) is 2.81. The minimum atomic E-state index is -0.586. The summed E-state index contributed by atoms with van der Waals surface area (Å²) in [6.07, 6.45) is 3.15. The molecule has 0 aromatic carbocycles. The number of rotatable bonds is 3. The van der Waals surface area contributed by atoms with Crippen molar-refractivity contribution in [2.45, 2.75) is 6.04 Å². The molecular formula is C15H18N4O4. The van der Waals surface area contributed by atoms with Gasteiger partial charge in [0.15, 0.2) is 6.61 Å². The van der Waals surface area contributed by atoms with Gasteiger partial charge in [-0.25, -0.2) is 0 Å². The van der Waals surface area contributed by atoms with E-state index < -0.39 is 6.04 Å². The van der Waals surface area contributed by atoms with E-state index in [-0.39, 0.29) is 37.4 Å². The number of ether oxygens (including phenoxy) is 1. The third-order valence-corrected chi connectivity index (χ3v) is 4.08. The molecule has 0 spiro atoms. The van der Waals surface area contributed by atoms with Crippen molar-refractivity contribution in [2.75, 3.05) is 39.8 Å². The summed E-state index contributed by atoms with van der Waals surface area (Å²) in [6, 6.07) is 2.86. The van der Waals surface area contributed by atoms with Crippen LogP contribution in [0.1, 0.15) is 0 Å². The van der Waals surface area contributed by atoms with Gasteiger partial charge in [0.25, 0.3) is 5.91 Å². The highest BCUT2D eigenvalue weighted by molar-refractivity contribution is 5.95. The Morgan fingerprint density at radius 1 is 1.39 bits per heavy atom. The highest BCUT2D eigenvalue weighted by Crippen LogP contribution is 2.17. The van der Waals surface area contributed by atoms with E-state index in [4.69, 9.17) is 4.74 Å². The molecule has 3 heterocycles. The quantitative estimate of drug-likeness (QED) is 0.712. The zero-order valence-corrected chi connectivity index (χ0v) is 12.8. The lowest BCUT2D eigenvalue weighted by Crippen LogP contribution is -2.67. The van der Waals surface area contributed by atoms with E-state index in [1.54, 1.807) is 35.2 Å². The average molecular weight is 318 g/mol. The monoisotopic (exact) mass is 318 g/mol. The first kappa shape index (κ1) is 15.3. The number of amides is 3. The van der Waals surface area contributed by atoms with Gasteiger partial charge in [0, 0.05) is 26.3 Å². The zero-order valence-electron chi connectivity index (χ0n) is 12.8. The third-order valence-electron chi connectivity index (χ3n) is 4.08. The van der Waals surface area contributed by atoms with Gasteiger partial charge >= 0.3 is 0 Å². The van der Waals surface area contributed by atoms with Gasteiger partial charge in [0.05, 0.1) is 19.3 Å². The fourth-order valence-electron chi connectivity index (χ4n) is 2.81. The Balaban J connectivity index is 1.60. The predicted molar refractivity (Wildman–Crippen MR) is 79.5 cm³/mol. The maximum Gasteiger partial charge on any atom is 0.260 e. The van der Waals surface area contributed by atoms with E-state index in [9.17, 15) is 14.4 Å². The molecule has 0 saturated carbocycles. The molecule has 1 atom stereocenters. The van der Waals surface area contributed by atoms with Crippen molar-refractivity contribution < 1.29 is 19.1 Å². The molecule has 1 aromatic rings. The van der Waals surface area contributed by atoms with Crippen LogP contribution in [0.2, 0.25) is 0 Å². The molecule has 2 aliphatic heterocycles. The highest BCUT2D eigenvalue weighted by atomic mass is 16.5. The summed E-state index contributed by atoms with van der Waals surface area (Å²) in [5.74, 6) is 0.108. The number of fused-ring (bicyclic) bond motifs is 1. The maximum absolute atomic E-state index is 12.3. The summed E-state index contributed by atoms with van der Waals surface area (Å²) < 4.78 is 5.40. The summed E-state index contributed by atoms with van der Waals surface area (Å²) in [5.41, 5.74) is 0. The lowest BCUT2D eigenvalue weighted by atomic mass is 10.1. The lowest BCUT2D eigenvalue weighted by molar-refractivity contribution is -0.160. The van der Waals surface area contributed by atoms with Gasteiger partial charge in [-0.1, -0.05) is 0 Å². The summed E-state index contributed by atoms with van der Waals surface area (Å²) >= 11 is 0. The Bertz CT molecular complexity index is 621. The van der Waals surface area contributed by atoms with Crippen LogP contribution >= 0.6 is 0 Å². The largest absolute Gasteiger partial charge is 0.482 e. The van der Waals surface area contributed by atoms with Crippen molar-refractivity contribution >= 4 is 17.7 Å². The molecule has 2 aliphatic rings. The minimum absolute atomic E-state index is 0.0733. The molecule has 1 aromatic heterocycles. The topological polar surface area (TPSA) is 83.1 Å². The smallest absolute Gasteiger partial charge is 0.260 e. The summed E-state index contributed by atoms with van der Waals surface area (Å²) in [6.45, 7) is 0.990. The normalized spacial score (nSPS) is 21.3. The molecular weight excluding hydrogens is 300 g/mol. The minimum Gasteiger partial charge on any atom is -0.482 e. The molecule has 0 N–H and O–H groups in total. The number of carbonyl (C=O) groups is 3. The van der Waals surface area contributed by atoms with Gasteiger partial charge in [-0.15, -0.1) is 0 Å². The second kappa shape index (κ2) is 6.23. The van der Waals surface area contributed by atoms with E-state index in [2.05, 4.69) is 4.98 Å². The Kier molecular flexibility index (Phi) is 4.14. The zero-order chi connectivity index (χ0) is 16.4. The van der Waals surface area contributed by atoms with Gasteiger partial charge in [-0.3, -0.25) is 19.4 Å². The van der Waals surface area contributed by atoms with Crippen LogP contribution in [0.3, 0.4) is 0 Å². The molecule has 0 unspecified atom stereocenters. The number of aromatic nitrogens is 1. The molecule has 2 saturated heterocycles. The van der Waals surface area contributed by atoms with E-state index in [0.717, 1.165) is 0 Å². The SMILES string of the molecule is CN1CC(=O)N2CCN(C(=O)COc3cccnc3)C[C@H]2C1=O. The van der Waals surface area contributed by atoms with E-state index in [1.807, 2.05) is 0 Å². The van der Waals surface area contributed by atoms with Crippen molar-refractivity contribution in [2.24, 2.45) is 0 Å². The van der Waals surface area contributed by atoms with Gasteiger partial charge in [-0.05, 0) is 12.1 Å². The predicted octanol–water partition coefficient (Wildman–Crippen LogP) is -1.03. The summed E-state index contributed by atoms with van der Waals surface area (Å²) in [4.78, 5) is 44.9. The second-order valence-electron chi connectivity index (χ2n) is 5.61. The molecule has 3 rings (SSSR count). The molecule has 0 bridgehead atoms. The maximum atomic E-state index is 12.3. The Morgan fingerprint density at radius 2 is 2.22 bits per heavy atom. The average Bonchev–Trinajstić information content (AvgIpc) is 2.58. The van der Waals surface area contributed by atoms with Crippen molar-refractivity contribution in [1.82, 2.24) is 19.7 Å². The van der Waals surface area contributed by atoms with Crippen LogP contribution in [-0.4, -0.2) is 83.3 Å². The van der Waals surface area contributed by atoms with Gasteiger partial charge in [0.2, 0.25) is 11.8 Å². The first-order chi connectivity index (χ1) is 11.1. The van der Waals surface area contributed by atoms with Crippen LogP contribution < -0.4 is 4.74 Å². The third kappa shape index (κ3) is 3.10. The molecule has 8 heteroatoms. The van der Waals surface area contributed by atoms with Crippen LogP contribution in [-0.2, 0) is 14.4 Å². The van der Waals surface area contributed by atoms with Gasteiger partial charge < -0.3 is 19.4 Å². The van der Waals surface area contributed by atoms with Crippen LogP contribution in [0.15, 0.2) is 24.5 Å². The standard InChI is InChI=1S/C15H18N4O4/c1-17-9-13(20)19-6-5-18(8-12(19)15(17)22)14(21)10-23-11-3-2-4-16-7-11/h2-4,7,12H,5-6,8-10H2,1H3/t12-/m0/s1. The Morgan fingerprint density at radius 3 is 2.96 bits per heavy atom. The first-order valence-corrected chi connectivity index (χ1v) is 7.41. The Hall–Kier alpha value is -2.64. The molecule has 0 radical (unpaired) electrons. The molecule has 122 valence electrons. The van der Waals surface area contributed by atoms with Crippen molar-refractivity contribution in [1.29, 1.82) is 0 Å². The Labute approximate surface area is 133 Å². The van der Waals surface area contributed by atoms with Crippen LogP contribution in [0, 0.1) is 0 Å².